The van der Waals surface area contributed by atoms with Gasteiger partial charge in [-0.05, 0) is 30.5 Å². The van der Waals surface area contributed by atoms with Crippen LogP contribution in [-0.2, 0) is 11.3 Å². The van der Waals surface area contributed by atoms with E-state index in [-0.39, 0.29) is 17.4 Å². The minimum Gasteiger partial charge on any atom is -0.497 e. The van der Waals surface area contributed by atoms with Crippen molar-refractivity contribution >= 4 is 28.6 Å². The predicted molar refractivity (Wildman–Crippen MR) is 142 cm³/mol. The maximum absolute atomic E-state index is 13.7. The molecule has 37 heavy (non-hydrogen) atoms. The van der Waals surface area contributed by atoms with Crippen LogP contribution in [0.1, 0.15) is 18.4 Å². The first kappa shape index (κ1) is 24.3. The Hall–Kier alpha value is -4.40. The normalized spacial score (nSPS) is 15.4. The molecule has 1 N–H and O–H groups in total. The molecule has 0 bridgehead atoms. The summed E-state index contributed by atoms with van der Waals surface area (Å²) in [6, 6.07) is 18.7. The summed E-state index contributed by atoms with van der Waals surface area (Å²) in [5.74, 6) is 1.10. The molecule has 0 saturated carbocycles. The van der Waals surface area contributed by atoms with Crippen molar-refractivity contribution in [2.75, 3.05) is 37.5 Å². The van der Waals surface area contributed by atoms with Gasteiger partial charge >= 0.3 is 0 Å². The van der Waals surface area contributed by atoms with Crippen LogP contribution in [0.15, 0.2) is 71.7 Å². The lowest BCUT2D eigenvalue weighted by Gasteiger charge is -2.32. The number of anilines is 2. The summed E-state index contributed by atoms with van der Waals surface area (Å²) >= 11 is 0. The van der Waals surface area contributed by atoms with Crippen molar-refractivity contribution in [3.8, 4) is 11.5 Å². The summed E-state index contributed by atoms with van der Waals surface area (Å²) < 4.78 is 12.3. The van der Waals surface area contributed by atoms with Gasteiger partial charge in [-0.1, -0.05) is 30.3 Å². The van der Waals surface area contributed by atoms with Gasteiger partial charge in [-0.15, -0.1) is 0 Å². The summed E-state index contributed by atoms with van der Waals surface area (Å²) in [6.45, 7) is 1.43. The number of pyridine rings is 1. The number of methoxy groups -OCH3 is 2. The van der Waals surface area contributed by atoms with Crippen LogP contribution in [-0.4, -0.2) is 47.8 Å². The maximum atomic E-state index is 13.7. The van der Waals surface area contributed by atoms with E-state index in [1.165, 1.54) is 0 Å². The molecule has 2 aromatic carbocycles. The highest BCUT2D eigenvalue weighted by Crippen LogP contribution is 2.28. The number of rotatable bonds is 7. The highest BCUT2D eigenvalue weighted by atomic mass is 16.5. The van der Waals surface area contributed by atoms with Gasteiger partial charge in [0.2, 0.25) is 5.91 Å². The van der Waals surface area contributed by atoms with Crippen LogP contribution in [0.2, 0.25) is 0 Å². The fraction of sp³-hybridized carbons (Fsp3) is 0.286. The Morgan fingerprint density at radius 1 is 1.05 bits per heavy atom. The van der Waals surface area contributed by atoms with Gasteiger partial charge < -0.3 is 19.7 Å². The topological polar surface area (TPSA) is 98.6 Å². The van der Waals surface area contributed by atoms with Crippen molar-refractivity contribution < 1.29 is 14.3 Å². The van der Waals surface area contributed by atoms with Crippen molar-refractivity contribution in [2.24, 2.45) is 5.92 Å². The number of nitrogens with zero attached hydrogens (tertiary/aromatic N) is 4. The van der Waals surface area contributed by atoms with Crippen LogP contribution >= 0.6 is 0 Å². The molecule has 2 aromatic heterocycles. The van der Waals surface area contributed by atoms with E-state index in [1.54, 1.807) is 43.2 Å². The van der Waals surface area contributed by atoms with Gasteiger partial charge in [0.15, 0.2) is 11.5 Å². The number of nitrogens with one attached hydrogen (secondary N) is 1. The molecule has 0 aliphatic carbocycles. The number of amides is 1. The Labute approximate surface area is 214 Å². The number of benzene rings is 2. The second-order valence-corrected chi connectivity index (χ2v) is 9.03. The second-order valence-electron chi connectivity index (χ2n) is 9.03. The van der Waals surface area contributed by atoms with Crippen molar-refractivity contribution in [3.05, 3.63) is 82.8 Å². The molecule has 0 radical (unpaired) electrons. The molecule has 1 atom stereocenters. The Morgan fingerprint density at radius 2 is 1.81 bits per heavy atom. The van der Waals surface area contributed by atoms with Crippen LogP contribution < -0.4 is 25.2 Å². The van der Waals surface area contributed by atoms with E-state index in [2.05, 4.69) is 15.3 Å². The molecule has 1 aliphatic heterocycles. The standard InChI is InChI=1S/C28H29N5O4/c1-36-22-14-21(15-23(16-22)37-2)30-27(34)20-10-7-13-32(18-20)26-28(35)33(17-19-8-4-3-5-9-19)25-24(31-26)11-6-12-29-25/h3-6,8-9,11-12,14-16,20H,7,10,13,17-18H2,1-2H3,(H,30,34). The number of carbonyl (C=O) groups is 1. The third-order valence-corrected chi connectivity index (χ3v) is 6.58. The minimum absolute atomic E-state index is 0.118. The third kappa shape index (κ3) is 5.25. The van der Waals surface area contributed by atoms with Gasteiger partial charge in [0, 0.05) is 43.2 Å². The molecule has 1 saturated heterocycles. The van der Waals surface area contributed by atoms with Crippen LogP contribution in [0.5, 0.6) is 11.5 Å². The number of ether oxygens (including phenoxy) is 2. The first-order valence-electron chi connectivity index (χ1n) is 12.2. The number of piperidine rings is 1. The molecular weight excluding hydrogens is 470 g/mol. The molecule has 0 spiro atoms. The summed E-state index contributed by atoms with van der Waals surface area (Å²) in [5.41, 5.74) is 2.56. The van der Waals surface area contributed by atoms with Gasteiger partial charge in [0.05, 0.1) is 26.7 Å². The van der Waals surface area contributed by atoms with E-state index in [9.17, 15) is 9.59 Å². The third-order valence-electron chi connectivity index (χ3n) is 6.58. The fourth-order valence-corrected chi connectivity index (χ4v) is 4.69. The minimum atomic E-state index is -0.306. The van der Waals surface area contributed by atoms with Crippen molar-refractivity contribution in [1.29, 1.82) is 0 Å². The van der Waals surface area contributed by atoms with Crippen LogP contribution in [0.3, 0.4) is 0 Å². The van der Waals surface area contributed by atoms with Crippen molar-refractivity contribution in [3.63, 3.8) is 0 Å². The average molecular weight is 500 g/mol. The molecule has 5 rings (SSSR count). The van der Waals surface area contributed by atoms with E-state index in [0.29, 0.717) is 53.8 Å². The van der Waals surface area contributed by atoms with E-state index in [1.807, 2.05) is 47.4 Å². The molecular formula is C28H29N5O4. The van der Waals surface area contributed by atoms with Crippen molar-refractivity contribution in [2.45, 2.75) is 19.4 Å². The van der Waals surface area contributed by atoms with Gasteiger partial charge in [0.1, 0.15) is 17.0 Å². The number of fused-ring (bicyclic) bond motifs is 1. The molecule has 3 heterocycles. The lowest BCUT2D eigenvalue weighted by molar-refractivity contribution is -0.120. The first-order valence-corrected chi connectivity index (χ1v) is 12.2. The quantitative estimate of drug-likeness (QED) is 0.414. The molecule has 4 aromatic rings. The van der Waals surface area contributed by atoms with Gasteiger partial charge in [-0.2, -0.15) is 0 Å². The first-order chi connectivity index (χ1) is 18.1. The Balaban J connectivity index is 1.42. The van der Waals surface area contributed by atoms with Crippen LogP contribution in [0, 0.1) is 5.92 Å². The average Bonchev–Trinajstić information content (AvgIpc) is 2.94. The van der Waals surface area contributed by atoms with E-state index >= 15 is 0 Å². The number of carbonyl (C=O) groups excluding carboxylic acids is 1. The SMILES string of the molecule is COc1cc(NC(=O)C2CCCN(c3nc4cccnc4n(Cc4ccccc4)c3=O)C2)cc(OC)c1. The van der Waals surface area contributed by atoms with Crippen LogP contribution in [0.25, 0.3) is 11.2 Å². The second kappa shape index (κ2) is 10.7. The molecule has 1 unspecified atom stereocenters. The molecule has 190 valence electrons. The van der Waals surface area contributed by atoms with E-state index in [0.717, 1.165) is 18.4 Å². The molecule has 1 aliphatic rings. The zero-order valence-electron chi connectivity index (χ0n) is 20.9. The lowest BCUT2D eigenvalue weighted by Crippen LogP contribution is -2.44. The van der Waals surface area contributed by atoms with Gasteiger partial charge in [-0.3, -0.25) is 14.2 Å². The number of hydrogen-bond donors (Lipinski definition) is 1. The summed E-state index contributed by atoms with van der Waals surface area (Å²) in [5, 5.41) is 2.98. The highest BCUT2D eigenvalue weighted by Gasteiger charge is 2.29. The van der Waals surface area contributed by atoms with Crippen molar-refractivity contribution in [1.82, 2.24) is 14.5 Å². The summed E-state index contributed by atoms with van der Waals surface area (Å²) in [4.78, 5) is 38.0. The Kier molecular flexibility index (Phi) is 7.02. The monoisotopic (exact) mass is 499 g/mol. The van der Waals surface area contributed by atoms with Gasteiger partial charge in [-0.25, -0.2) is 9.97 Å². The van der Waals surface area contributed by atoms with E-state index in [4.69, 9.17) is 9.47 Å². The summed E-state index contributed by atoms with van der Waals surface area (Å²) in [6.07, 6.45) is 3.15. The van der Waals surface area contributed by atoms with Gasteiger partial charge in [0.25, 0.3) is 5.56 Å². The molecule has 9 nitrogen and oxygen atoms in total. The molecule has 1 amide bonds. The zero-order valence-corrected chi connectivity index (χ0v) is 20.9. The largest absolute Gasteiger partial charge is 0.497 e. The lowest BCUT2D eigenvalue weighted by atomic mass is 9.97. The number of hydrogen-bond acceptors (Lipinski definition) is 7. The van der Waals surface area contributed by atoms with E-state index < -0.39 is 0 Å². The maximum Gasteiger partial charge on any atom is 0.295 e. The zero-order chi connectivity index (χ0) is 25.8. The fourth-order valence-electron chi connectivity index (χ4n) is 4.69. The smallest absolute Gasteiger partial charge is 0.295 e. The molecule has 9 heteroatoms. The predicted octanol–water partition coefficient (Wildman–Crippen LogP) is 3.71. The number of aromatic nitrogens is 3. The Bertz CT molecular complexity index is 1450. The highest BCUT2D eigenvalue weighted by molar-refractivity contribution is 5.93. The molecule has 1 fully saturated rings. The summed E-state index contributed by atoms with van der Waals surface area (Å²) in [7, 11) is 3.13. The Morgan fingerprint density at radius 3 is 2.54 bits per heavy atom. The van der Waals surface area contributed by atoms with Crippen LogP contribution in [0.4, 0.5) is 11.5 Å².